The first-order valence-corrected chi connectivity index (χ1v) is 9.47. The maximum absolute atomic E-state index is 12.5. The fourth-order valence-electron chi connectivity index (χ4n) is 2.42. The largest absolute Gasteiger partial charge is 0.490 e. The van der Waals surface area contributed by atoms with Crippen molar-refractivity contribution in [1.82, 2.24) is 16.2 Å². The Bertz CT molecular complexity index is 838. The summed E-state index contributed by atoms with van der Waals surface area (Å²) >= 11 is 0. The van der Waals surface area contributed by atoms with Crippen molar-refractivity contribution in [2.45, 2.75) is 20.8 Å². The van der Waals surface area contributed by atoms with Crippen LogP contribution in [-0.4, -0.2) is 44.1 Å². The number of rotatable bonds is 10. The second kappa shape index (κ2) is 11.3. The van der Waals surface area contributed by atoms with Gasteiger partial charge in [0.05, 0.1) is 32.6 Å². The quantitative estimate of drug-likeness (QED) is 0.500. The van der Waals surface area contributed by atoms with E-state index in [-0.39, 0.29) is 17.9 Å². The third-order valence-electron chi connectivity index (χ3n) is 3.64. The van der Waals surface area contributed by atoms with Crippen molar-refractivity contribution in [2.24, 2.45) is 0 Å². The topological polar surface area (TPSA) is 128 Å². The number of hydrogen-bond donors (Lipinski definition) is 3. The summed E-state index contributed by atoms with van der Waals surface area (Å²) in [7, 11) is 0. The maximum atomic E-state index is 12.5. The van der Waals surface area contributed by atoms with Gasteiger partial charge in [-0.25, -0.2) is 0 Å². The average Bonchev–Trinajstić information content (AvgIpc) is 3.27. The van der Waals surface area contributed by atoms with Gasteiger partial charge in [-0.15, -0.1) is 0 Å². The van der Waals surface area contributed by atoms with Gasteiger partial charge in [-0.3, -0.25) is 25.2 Å². The zero-order chi connectivity index (χ0) is 21.9. The molecule has 0 spiro atoms. The number of carbonyl (C=O) groups is 3. The van der Waals surface area contributed by atoms with Crippen LogP contribution in [-0.2, 0) is 4.79 Å². The molecule has 0 aliphatic heterocycles. The predicted octanol–water partition coefficient (Wildman–Crippen LogP) is 1.67. The van der Waals surface area contributed by atoms with E-state index in [1.54, 1.807) is 19.9 Å². The van der Waals surface area contributed by atoms with Crippen LogP contribution in [0.3, 0.4) is 0 Å². The smallest absolute Gasteiger partial charge is 0.287 e. The molecule has 10 nitrogen and oxygen atoms in total. The second-order valence-corrected chi connectivity index (χ2v) is 5.76. The first-order chi connectivity index (χ1) is 14.5. The molecule has 1 aromatic carbocycles. The van der Waals surface area contributed by atoms with Crippen LogP contribution in [0.15, 0.2) is 34.9 Å². The number of hydrogen-bond acceptors (Lipinski definition) is 7. The number of ether oxygens (including phenoxy) is 3. The van der Waals surface area contributed by atoms with Crippen LogP contribution in [0.25, 0.3) is 0 Å². The lowest BCUT2D eigenvalue weighted by Crippen LogP contribution is -2.46. The molecule has 1 aromatic heterocycles. The number of amides is 3. The Labute approximate surface area is 173 Å². The molecular formula is C20H25N3O7. The Kier molecular flexibility index (Phi) is 8.55. The summed E-state index contributed by atoms with van der Waals surface area (Å²) in [5.74, 6) is -0.568. The number of furan rings is 1. The highest BCUT2D eigenvalue weighted by molar-refractivity contribution is 5.97. The Morgan fingerprint density at radius 2 is 1.53 bits per heavy atom. The normalized spacial score (nSPS) is 10.1. The SMILES string of the molecule is CCOc1cc(C(=O)NNC(=O)CNC(=O)c2ccco2)cc(OCC)c1OCC. The van der Waals surface area contributed by atoms with Crippen molar-refractivity contribution in [3.05, 3.63) is 41.9 Å². The molecule has 0 unspecified atom stereocenters. The van der Waals surface area contributed by atoms with Crippen LogP contribution >= 0.6 is 0 Å². The lowest BCUT2D eigenvalue weighted by atomic mass is 10.1. The van der Waals surface area contributed by atoms with Crippen LogP contribution in [0.4, 0.5) is 0 Å². The van der Waals surface area contributed by atoms with E-state index in [1.165, 1.54) is 24.5 Å². The number of carbonyl (C=O) groups excluding carboxylic acids is 3. The van der Waals surface area contributed by atoms with E-state index in [0.717, 1.165) is 0 Å². The van der Waals surface area contributed by atoms with Crippen molar-refractivity contribution in [1.29, 1.82) is 0 Å². The summed E-state index contributed by atoms with van der Waals surface area (Å²) < 4.78 is 21.6. The van der Waals surface area contributed by atoms with E-state index in [2.05, 4.69) is 16.2 Å². The Balaban J connectivity index is 2.01. The lowest BCUT2D eigenvalue weighted by Gasteiger charge is -2.17. The van der Waals surface area contributed by atoms with Gasteiger partial charge < -0.3 is 23.9 Å². The van der Waals surface area contributed by atoms with Crippen molar-refractivity contribution >= 4 is 17.7 Å². The highest BCUT2D eigenvalue weighted by Gasteiger charge is 2.19. The molecule has 2 rings (SSSR count). The number of nitrogens with one attached hydrogen (secondary N) is 3. The minimum atomic E-state index is -0.621. The van der Waals surface area contributed by atoms with E-state index in [4.69, 9.17) is 18.6 Å². The number of benzene rings is 1. The molecule has 162 valence electrons. The molecule has 0 saturated heterocycles. The molecule has 3 N–H and O–H groups in total. The van der Waals surface area contributed by atoms with Gasteiger partial charge in [-0.05, 0) is 45.0 Å². The van der Waals surface area contributed by atoms with E-state index in [1.807, 2.05) is 6.92 Å². The molecule has 3 amide bonds. The van der Waals surface area contributed by atoms with E-state index in [0.29, 0.717) is 37.1 Å². The van der Waals surface area contributed by atoms with Gasteiger partial charge in [0.1, 0.15) is 0 Å². The van der Waals surface area contributed by atoms with E-state index < -0.39 is 17.7 Å². The molecular weight excluding hydrogens is 394 g/mol. The van der Waals surface area contributed by atoms with E-state index in [9.17, 15) is 14.4 Å². The molecule has 0 aliphatic carbocycles. The summed E-state index contributed by atoms with van der Waals surface area (Å²) in [6.07, 6.45) is 1.35. The van der Waals surface area contributed by atoms with Gasteiger partial charge in [-0.2, -0.15) is 0 Å². The monoisotopic (exact) mass is 419 g/mol. The van der Waals surface area contributed by atoms with Gasteiger partial charge in [0.2, 0.25) is 5.75 Å². The number of hydrazine groups is 1. The van der Waals surface area contributed by atoms with Crippen LogP contribution < -0.4 is 30.4 Å². The minimum Gasteiger partial charge on any atom is -0.490 e. The zero-order valence-corrected chi connectivity index (χ0v) is 17.1. The summed E-state index contributed by atoms with van der Waals surface area (Å²) in [6.45, 7) is 6.21. The van der Waals surface area contributed by atoms with Crippen LogP contribution in [0.2, 0.25) is 0 Å². The zero-order valence-electron chi connectivity index (χ0n) is 17.1. The van der Waals surface area contributed by atoms with Crippen LogP contribution in [0.1, 0.15) is 41.7 Å². The molecule has 0 atom stereocenters. The first-order valence-electron chi connectivity index (χ1n) is 9.47. The van der Waals surface area contributed by atoms with Gasteiger partial charge in [-0.1, -0.05) is 0 Å². The van der Waals surface area contributed by atoms with Crippen LogP contribution in [0, 0.1) is 0 Å². The summed E-state index contributed by atoms with van der Waals surface area (Å²) in [6, 6.07) is 6.01. The lowest BCUT2D eigenvalue weighted by molar-refractivity contribution is -0.120. The second-order valence-electron chi connectivity index (χ2n) is 5.76. The summed E-state index contributed by atoms with van der Waals surface area (Å²) in [4.78, 5) is 36.1. The third kappa shape index (κ3) is 6.16. The fourth-order valence-corrected chi connectivity index (χ4v) is 2.42. The molecule has 30 heavy (non-hydrogen) atoms. The molecule has 0 bridgehead atoms. The third-order valence-corrected chi connectivity index (χ3v) is 3.64. The van der Waals surface area contributed by atoms with Crippen molar-refractivity contribution in [3.63, 3.8) is 0 Å². The Hall–Kier alpha value is -3.69. The first kappa shape index (κ1) is 22.6. The van der Waals surface area contributed by atoms with Crippen LogP contribution in [0.5, 0.6) is 17.2 Å². The standard InChI is InChI=1S/C20H25N3O7/c1-4-27-15-10-13(11-16(28-5-2)18(15)29-6-3)19(25)23-22-17(24)12-21-20(26)14-8-7-9-30-14/h7-11H,4-6,12H2,1-3H3,(H,21,26)(H,22,24)(H,23,25). The van der Waals surface area contributed by atoms with Crippen molar-refractivity contribution in [2.75, 3.05) is 26.4 Å². The molecule has 0 fully saturated rings. The van der Waals surface area contributed by atoms with Gasteiger partial charge in [0.25, 0.3) is 17.7 Å². The Morgan fingerprint density at radius 3 is 2.07 bits per heavy atom. The van der Waals surface area contributed by atoms with E-state index >= 15 is 0 Å². The minimum absolute atomic E-state index is 0.0770. The molecule has 0 saturated carbocycles. The van der Waals surface area contributed by atoms with Gasteiger partial charge in [0, 0.05) is 5.56 Å². The molecule has 0 aliphatic rings. The molecule has 0 radical (unpaired) electrons. The highest BCUT2D eigenvalue weighted by atomic mass is 16.5. The average molecular weight is 419 g/mol. The predicted molar refractivity (Wildman–Crippen MR) is 107 cm³/mol. The van der Waals surface area contributed by atoms with Gasteiger partial charge in [0.15, 0.2) is 17.3 Å². The highest BCUT2D eigenvalue weighted by Crippen LogP contribution is 2.39. The molecule has 10 heteroatoms. The summed E-state index contributed by atoms with van der Waals surface area (Å²) in [5.41, 5.74) is 4.71. The fraction of sp³-hybridized carbons (Fsp3) is 0.350. The Morgan fingerprint density at radius 1 is 0.900 bits per heavy atom. The van der Waals surface area contributed by atoms with Crippen molar-refractivity contribution < 1.29 is 33.0 Å². The molecule has 2 aromatic rings. The summed E-state index contributed by atoms with van der Waals surface area (Å²) in [5, 5.41) is 2.37. The maximum Gasteiger partial charge on any atom is 0.287 e. The van der Waals surface area contributed by atoms with Crippen molar-refractivity contribution in [3.8, 4) is 17.2 Å². The van der Waals surface area contributed by atoms with Gasteiger partial charge >= 0.3 is 0 Å². The molecule has 1 heterocycles.